The zero-order valence-corrected chi connectivity index (χ0v) is 113. The van der Waals surface area contributed by atoms with Crippen LogP contribution >= 0.6 is 0 Å². The molecule has 0 aromatic carbocycles. The average Bonchev–Trinajstić information content (AvgIpc) is 0.787. The molecule has 0 aromatic heterocycles. The summed E-state index contributed by atoms with van der Waals surface area (Å²) in [5, 5.41) is 143. The number of carbonyl (C=O) groups excluding carboxylic acids is 5. The van der Waals surface area contributed by atoms with Gasteiger partial charge in [-0.05, 0) is 18.6 Å². The molecule has 7 fully saturated rings. The van der Waals surface area contributed by atoms with E-state index in [1.165, 1.54) is 30.4 Å². The fourth-order valence-electron chi connectivity index (χ4n) is 11.6. The maximum absolute atomic E-state index is 11.4. The molecule has 29 atom stereocenters. The summed E-state index contributed by atoms with van der Waals surface area (Å²) in [5.74, 6) is -8.02. The number of ether oxygens (including phenoxy) is 11. The first kappa shape index (κ1) is 186. The molecule has 8 aliphatic rings. The molecule has 22 N–H and O–H groups in total. The standard InChI is InChI=1S/C12H21NO18S3.C12H21NO15S2.C9H17NO8S.C7H15NO9S2.C7H10O5.C6H8O8S.13Na.4H2O/c14-5-1-4(2-28-33(21,22)23)29-12(7(5)13-32(18,19)20)30-9-8(15)6(31-34(24,25)26)3-27-10(9)11(16)17;14-5-1-4(2-26-30(22,23)24)27-12(7(5)13-29(19,20)21)28-9-8(16)6(15)3-25-10(9)11(17)18;1-5(11)10-8-7(12)3-6(18-9(8)16-2)4-17-19(13,14)15;1-4-7(8-18(10,11)12)6(9)2-5(17-4)3-16-19(13,14)15;1-3-5(9)4(8)2-12-6(3)7(10)11;7-3-1-4(6(8)9)13-2-5(3)14-15(10,11)12;;;;;;;;;;;;;;;;;/h4-10,12-15H,1-3H2,(H,16,17)(H,18,19,20)(H,21,22,23)(H,24,25,26);4-10,12-16H,1-3H2,(H,17,18)(H,19,20,21)(H,22,23,24);6-9,12H,3-4H2,1-2H3,(H,10,11)(H,13,14,15);4-9H,2-3H2,1H3,(H,10,11,12)(H,13,14,15);4-6,8-9H,1-2H2,(H,10,11);1,3,5,7H,2H2,(H,8,9)(H,10,11,12);;;;;;;;;;;;;;4*1H2/q;;;;;;13*+1;;;;/p-13. The van der Waals surface area contributed by atoms with Crippen molar-refractivity contribution in [3.63, 3.8) is 0 Å². The Kier molecular flexibility index (Phi) is 108. The first-order valence-corrected chi connectivity index (χ1v) is 46.9. The summed E-state index contributed by atoms with van der Waals surface area (Å²) in [5.41, 5.74) is -0.0752. The molecule has 29 unspecified atom stereocenters. The van der Waals surface area contributed by atoms with Crippen LogP contribution in [0.4, 0.5) is 0 Å². The van der Waals surface area contributed by atoms with Crippen LogP contribution in [0.3, 0.4) is 0 Å². The van der Waals surface area contributed by atoms with Gasteiger partial charge in [0.2, 0.25) is 68.3 Å². The first-order chi connectivity index (χ1) is 58.6. The van der Waals surface area contributed by atoms with Gasteiger partial charge in [0, 0.05) is 39.7 Å². The van der Waals surface area contributed by atoms with E-state index in [-0.39, 0.29) is 437 Å². The van der Waals surface area contributed by atoms with Crippen molar-refractivity contribution in [3.8, 4) is 0 Å². The van der Waals surface area contributed by atoms with E-state index in [1.807, 2.05) is 0 Å². The molecule has 93 heteroatoms. The largest absolute Gasteiger partial charge is 1.00 e. The van der Waals surface area contributed by atoms with E-state index in [1.54, 1.807) is 4.72 Å². The number of carboxylic acids is 4. The van der Waals surface area contributed by atoms with Gasteiger partial charge in [-0.1, -0.05) is 6.58 Å². The van der Waals surface area contributed by atoms with Crippen LogP contribution in [0.5, 0.6) is 0 Å². The normalized spacial score (nSPS) is 30.4. The van der Waals surface area contributed by atoms with Crippen LogP contribution in [-0.4, -0.2) is 457 Å². The van der Waals surface area contributed by atoms with Crippen LogP contribution in [0, 0.1) is 0 Å². The van der Waals surface area contributed by atoms with Crippen LogP contribution in [0.2, 0.25) is 0 Å². The molecule has 8 rings (SSSR count). The number of aliphatic carboxylic acids is 4. The van der Waals surface area contributed by atoms with Crippen LogP contribution in [0.1, 0.15) is 39.5 Å². The number of hydrogen-bond donors (Lipinski definition) is 14. The summed E-state index contributed by atoms with van der Waals surface area (Å²) >= 11 is 0. The molecule has 8 heterocycles. The topological polar surface area (TPSA) is 1230 Å². The predicted octanol–water partition coefficient (Wildman–Crippen LogP) is -65.8. The molecule has 0 saturated carbocycles. The fourth-order valence-corrected chi connectivity index (χ4v) is 15.7. The monoisotopic (exact) mass is 2440 g/mol. The van der Waals surface area contributed by atoms with Gasteiger partial charge in [0.25, 0.3) is 0 Å². The summed E-state index contributed by atoms with van der Waals surface area (Å²) in [6.45, 7) is 0.513. The number of nitrogens with one attached hydrogen (secondary N) is 4. The number of carbonyl (C=O) groups is 5. The Morgan fingerprint density at radius 1 is 0.397 bits per heavy atom. The Morgan fingerprint density at radius 2 is 0.705 bits per heavy atom. The second-order valence-electron chi connectivity index (χ2n) is 26.8. The minimum Gasteiger partial charge on any atom is -0.735 e. The van der Waals surface area contributed by atoms with Crippen molar-refractivity contribution < 1.29 is 696 Å². The van der Waals surface area contributed by atoms with Crippen molar-refractivity contribution in [2.24, 2.45) is 0 Å². The van der Waals surface area contributed by atoms with E-state index >= 15 is 0 Å². The molecule has 8 aliphatic heterocycles. The zero-order valence-electron chi connectivity index (χ0n) is 79.8. The molecule has 7 saturated heterocycles. The molecular formula is C53H87N4Na13O67S9. The Labute approximate surface area is 1120 Å². The smallest absolute Gasteiger partial charge is 0.735 e. The van der Waals surface area contributed by atoms with Crippen molar-refractivity contribution in [1.29, 1.82) is 0 Å². The molecule has 788 valence electrons. The molecule has 0 aromatic rings. The maximum atomic E-state index is 11.4. The van der Waals surface area contributed by atoms with Crippen LogP contribution < -0.4 is 424 Å². The minimum absolute atomic E-state index is 0. The molecule has 0 bridgehead atoms. The van der Waals surface area contributed by atoms with E-state index in [0.717, 1.165) is 0 Å². The number of methoxy groups -OCH3 is 1. The van der Waals surface area contributed by atoms with Crippen LogP contribution in [0.25, 0.3) is 0 Å². The minimum atomic E-state index is -5.44. The maximum Gasteiger partial charge on any atom is 1.00 e. The molecule has 146 heavy (non-hydrogen) atoms. The summed E-state index contributed by atoms with van der Waals surface area (Å²) in [7, 11) is -44.5. The predicted molar refractivity (Wildman–Crippen MR) is 382 cm³/mol. The van der Waals surface area contributed by atoms with E-state index in [9.17, 15) is 202 Å². The molecule has 0 spiro atoms. The van der Waals surface area contributed by atoms with Crippen LogP contribution in [0.15, 0.2) is 24.0 Å². The Bertz CT molecular complexity index is 4900. The van der Waals surface area contributed by atoms with Crippen molar-refractivity contribution in [1.82, 2.24) is 19.5 Å². The van der Waals surface area contributed by atoms with E-state index in [4.69, 9.17) is 52.8 Å². The summed E-state index contributed by atoms with van der Waals surface area (Å²) in [6, 6.07) is -5.77. The number of rotatable bonds is 32. The second-order valence-corrected chi connectivity index (χ2v) is 36.5. The quantitative estimate of drug-likeness (QED) is 0.0129. The van der Waals surface area contributed by atoms with Gasteiger partial charge >= 0.3 is 384 Å². The number of aliphatic hydroxyl groups is 10. The number of carboxylic acid groups (broad SMARTS) is 4. The Balaban J connectivity index is -0.000000109. The van der Waals surface area contributed by atoms with Crippen molar-refractivity contribution in [2.45, 2.75) is 217 Å². The van der Waals surface area contributed by atoms with Gasteiger partial charge in [-0.15, -0.1) is 0 Å². The van der Waals surface area contributed by atoms with E-state index in [2.05, 4.69) is 46.5 Å². The zero-order chi connectivity index (χ0) is 99.3. The van der Waals surface area contributed by atoms with Gasteiger partial charge in [0.15, 0.2) is 49.8 Å². The number of amides is 1. The van der Waals surface area contributed by atoms with Gasteiger partial charge in [-0.25, -0.2) is 89.9 Å². The SMILES string of the molecule is C=C1C(C(=O)[O-])OCC(O)C1O.CC1OC(COS(=O)(=O)[O-])CC(O)C1NS(=O)(=O)[O-].COC1OC(COS(=O)(=O)[O-])CC(O)C1NC(C)=O.O.O.O.O.O=C([O-])C1=CC(O)C(OS(=O)(=O)[O-])CO1.O=C([O-])C1OCC(O)C(O)C1OC1OC(COS(=O)(=O)[O-])CC(O)C1NS(=O)(=O)[O-].O=C([O-])C1OCC(OS(=O)(=O)[O-])C(O)C1OC1OC(COS(=O)(=O)[O-])CC(O)C1NS(=O)(=O)[O-].[Na+].[Na+].[Na+].[Na+].[Na+].[Na+].[Na+].[Na+].[Na+].[Na+].[Na+].[Na+].[Na+]. The molecule has 0 aliphatic carbocycles. The van der Waals surface area contributed by atoms with Gasteiger partial charge < -0.3 is 211 Å². The van der Waals surface area contributed by atoms with Gasteiger partial charge in [-0.3, -0.25) is 29.9 Å². The fraction of sp³-hybridized carbons (Fsp3) is 0.830. The van der Waals surface area contributed by atoms with Crippen molar-refractivity contribution >= 4 is 123 Å². The Morgan fingerprint density at radius 3 is 1.01 bits per heavy atom. The molecule has 71 nitrogen and oxygen atoms in total. The summed E-state index contributed by atoms with van der Waals surface area (Å²) in [6.07, 6.45) is -40.1. The van der Waals surface area contributed by atoms with Gasteiger partial charge in [0.1, 0.15) is 104 Å². The summed E-state index contributed by atoms with van der Waals surface area (Å²) in [4.78, 5) is 54.2. The Hall–Kier alpha value is 7.50. The van der Waals surface area contributed by atoms with Crippen molar-refractivity contribution in [2.75, 3.05) is 60.0 Å². The van der Waals surface area contributed by atoms with Gasteiger partial charge in [0.05, 0.1) is 137 Å². The third-order valence-corrected chi connectivity index (χ3v) is 21.3. The molecular weight excluding hydrogens is 2350 g/mol. The van der Waals surface area contributed by atoms with Gasteiger partial charge in [-0.2, -0.15) is 0 Å². The van der Waals surface area contributed by atoms with Crippen molar-refractivity contribution in [3.05, 3.63) is 24.0 Å². The van der Waals surface area contributed by atoms with E-state index < -0.39 is 359 Å². The molecule has 1 amide bonds. The second kappa shape index (κ2) is 84.5. The third kappa shape index (κ3) is 74.6. The first-order valence-electron chi connectivity index (χ1n) is 34.7. The van der Waals surface area contributed by atoms with Crippen LogP contribution in [-0.2, 0) is 194 Å². The number of aliphatic hydroxyl groups excluding tert-OH is 10. The number of hydrogen-bond acceptors (Lipinski definition) is 63. The summed E-state index contributed by atoms with van der Waals surface area (Å²) < 4.78 is 370. The average molecular weight is 2440 g/mol. The third-order valence-electron chi connectivity index (χ3n) is 17.0. The van der Waals surface area contributed by atoms with E-state index in [0.29, 0.717) is 6.08 Å². The molecule has 0 radical (unpaired) electrons.